The standard InChI is InChI=1S/C22H22F4N6O4S/c23-18-4-2-15(22(24,25)26)8-14(18)10-32-6-5-19(31-32)20(33)17-9-28-12-29-21(17)30-16-3-1-13(7-16)11-36-37(27,34)35/h2,4-6,8-9,12-13,16H,1,3,7,10-11H2,(H2,27,34,35)(H,28,29,30). The highest BCUT2D eigenvalue weighted by atomic mass is 32.2. The number of nitrogens with two attached hydrogens (primary N) is 1. The van der Waals surface area contributed by atoms with Crippen molar-refractivity contribution in [3.63, 3.8) is 0 Å². The molecule has 1 aromatic carbocycles. The Kier molecular flexibility index (Phi) is 7.57. The van der Waals surface area contributed by atoms with Crippen molar-refractivity contribution < 1.29 is 35.0 Å². The summed E-state index contributed by atoms with van der Waals surface area (Å²) in [5.41, 5.74) is -1.14. The lowest BCUT2D eigenvalue weighted by Gasteiger charge is -2.15. The van der Waals surface area contributed by atoms with Crippen LogP contribution in [0.3, 0.4) is 0 Å². The van der Waals surface area contributed by atoms with Crippen molar-refractivity contribution in [2.75, 3.05) is 11.9 Å². The van der Waals surface area contributed by atoms with E-state index >= 15 is 0 Å². The molecule has 1 aliphatic rings. The number of rotatable bonds is 9. The van der Waals surface area contributed by atoms with Crippen molar-refractivity contribution in [2.45, 2.75) is 38.0 Å². The molecule has 0 spiro atoms. The molecule has 0 aliphatic heterocycles. The molecule has 4 rings (SSSR count). The molecule has 1 saturated carbocycles. The quantitative estimate of drug-likeness (QED) is 0.311. The van der Waals surface area contributed by atoms with Crippen molar-refractivity contribution in [3.8, 4) is 0 Å². The van der Waals surface area contributed by atoms with Gasteiger partial charge < -0.3 is 5.32 Å². The van der Waals surface area contributed by atoms with E-state index in [9.17, 15) is 30.8 Å². The van der Waals surface area contributed by atoms with Gasteiger partial charge in [-0.2, -0.15) is 26.7 Å². The first-order valence-electron chi connectivity index (χ1n) is 11.1. The predicted octanol–water partition coefficient (Wildman–Crippen LogP) is 2.91. The second-order valence-corrected chi connectivity index (χ2v) is 9.84. The zero-order chi connectivity index (χ0) is 26.8. The lowest BCUT2D eigenvalue weighted by molar-refractivity contribution is -0.137. The van der Waals surface area contributed by atoms with Crippen LogP contribution in [0.1, 0.15) is 46.4 Å². The molecule has 3 N–H and O–H groups in total. The highest BCUT2D eigenvalue weighted by Crippen LogP contribution is 2.31. The minimum absolute atomic E-state index is 0.0314. The fourth-order valence-electron chi connectivity index (χ4n) is 4.11. The molecule has 2 unspecified atom stereocenters. The van der Waals surface area contributed by atoms with E-state index in [0.29, 0.717) is 31.4 Å². The molecule has 2 heterocycles. The van der Waals surface area contributed by atoms with Gasteiger partial charge in [-0.15, -0.1) is 0 Å². The van der Waals surface area contributed by atoms with Crippen LogP contribution in [0.4, 0.5) is 23.4 Å². The van der Waals surface area contributed by atoms with Crippen LogP contribution in [0.2, 0.25) is 0 Å². The van der Waals surface area contributed by atoms with Crippen molar-refractivity contribution >= 4 is 21.9 Å². The largest absolute Gasteiger partial charge is 0.416 e. The van der Waals surface area contributed by atoms with Crippen LogP contribution in [0.15, 0.2) is 43.0 Å². The van der Waals surface area contributed by atoms with Gasteiger partial charge >= 0.3 is 16.5 Å². The summed E-state index contributed by atoms with van der Waals surface area (Å²) in [4.78, 5) is 21.1. The SMILES string of the molecule is NS(=O)(=O)OCC1CCC(Nc2ncncc2C(=O)c2ccn(Cc3cc(C(F)(F)F)ccc3F)n2)C1. The maximum Gasteiger partial charge on any atom is 0.416 e. The molecular weight excluding hydrogens is 520 g/mol. The van der Waals surface area contributed by atoms with Crippen molar-refractivity contribution in [1.29, 1.82) is 0 Å². The number of nitrogens with zero attached hydrogens (tertiary/aromatic N) is 4. The molecule has 15 heteroatoms. The maximum atomic E-state index is 14.1. The molecule has 37 heavy (non-hydrogen) atoms. The van der Waals surface area contributed by atoms with E-state index in [2.05, 4.69) is 24.6 Å². The molecular formula is C22H22F4N6O4S. The number of halogens is 4. The number of ketones is 1. The lowest BCUT2D eigenvalue weighted by Crippen LogP contribution is -2.22. The minimum atomic E-state index is -4.63. The van der Waals surface area contributed by atoms with E-state index in [0.717, 1.165) is 10.7 Å². The number of alkyl halides is 3. The summed E-state index contributed by atoms with van der Waals surface area (Å²) in [6.45, 7) is -0.361. The minimum Gasteiger partial charge on any atom is -0.367 e. The summed E-state index contributed by atoms with van der Waals surface area (Å²) in [6.07, 6.45) is 1.20. The molecule has 0 amide bonds. The predicted molar refractivity (Wildman–Crippen MR) is 122 cm³/mol. The average molecular weight is 543 g/mol. The summed E-state index contributed by atoms with van der Waals surface area (Å²) in [7, 11) is -4.03. The van der Waals surface area contributed by atoms with Gasteiger partial charge in [-0.05, 0) is 49.4 Å². The van der Waals surface area contributed by atoms with Gasteiger partial charge in [0, 0.05) is 24.0 Å². The Morgan fingerprint density at radius 1 is 1.24 bits per heavy atom. The first kappa shape index (κ1) is 26.6. The zero-order valence-electron chi connectivity index (χ0n) is 19.2. The van der Waals surface area contributed by atoms with Crippen LogP contribution in [0.25, 0.3) is 0 Å². The monoisotopic (exact) mass is 542 g/mol. The van der Waals surface area contributed by atoms with Gasteiger partial charge in [-0.3, -0.25) is 13.7 Å². The Morgan fingerprint density at radius 3 is 2.76 bits per heavy atom. The third-order valence-corrected chi connectivity index (χ3v) is 6.35. The summed E-state index contributed by atoms with van der Waals surface area (Å²) >= 11 is 0. The fraction of sp³-hybridized carbons (Fsp3) is 0.364. The molecule has 10 nitrogen and oxygen atoms in total. The summed E-state index contributed by atoms with van der Waals surface area (Å²) < 4.78 is 80.9. The number of anilines is 1. The van der Waals surface area contributed by atoms with E-state index in [4.69, 9.17) is 5.14 Å². The van der Waals surface area contributed by atoms with Crippen LogP contribution in [0.5, 0.6) is 0 Å². The maximum absolute atomic E-state index is 14.1. The molecule has 198 valence electrons. The number of aromatic nitrogens is 4. The molecule has 0 bridgehead atoms. The Balaban J connectivity index is 1.45. The molecule has 1 fully saturated rings. The van der Waals surface area contributed by atoms with Gasteiger partial charge in [0.05, 0.1) is 24.3 Å². The highest BCUT2D eigenvalue weighted by Gasteiger charge is 2.31. The number of hydrogen-bond donors (Lipinski definition) is 2. The third-order valence-electron chi connectivity index (χ3n) is 5.89. The molecule has 2 atom stereocenters. The van der Waals surface area contributed by atoms with Gasteiger partial charge in [-0.25, -0.2) is 19.5 Å². The second kappa shape index (κ2) is 10.5. The Morgan fingerprint density at radius 2 is 2.03 bits per heavy atom. The van der Waals surface area contributed by atoms with Crippen molar-refractivity contribution in [1.82, 2.24) is 19.7 Å². The molecule has 1 aliphatic carbocycles. The van der Waals surface area contributed by atoms with Crippen LogP contribution in [-0.2, 0) is 27.2 Å². The van der Waals surface area contributed by atoms with Gasteiger partial charge in [0.1, 0.15) is 23.7 Å². The smallest absolute Gasteiger partial charge is 0.367 e. The molecule has 0 radical (unpaired) electrons. The second-order valence-electron chi connectivity index (χ2n) is 8.61. The molecule has 3 aromatic rings. The van der Waals surface area contributed by atoms with Crippen LogP contribution >= 0.6 is 0 Å². The van der Waals surface area contributed by atoms with Crippen LogP contribution in [0, 0.1) is 11.7 Å². The van der Waals surface area contributed by atoms with E-state index in [1.165, 1.54) is 24.8 Å². The zero-order valence-corrected chi connectivity index (χ0v) is 20.0. The fourth-order valence-corrected chi connectivity index (χ4v) is 4.49. The first-order chi connectivity index (χ1) is 17.4. The van der Waals surface area contributed by atoms with E-state index < -0.39 is 33.6 Å². The van der Waals surface area contributed by atoms with Gasteiger partial charge in [0.15, 0.2) is 0 Å². The Bertz CT molecular complexity index is 1400. The Hall–Kier alpha value is -3.43. The number of carbonyl (C=O) groups is 1. The number of carbonyl (C=O) groups excluding carboxylic acids is 1. The third kappa shape index (κ3) is 6.87. The van der Waals surface area contributed by atoms with Gasteiger partial charge in [0.25, 0.3) is 0 Å². The molecule has 2 aromatic heterocycles. The van der Waals surface area contributed by atoms with E-state index in [1.807, 2.05) is 0 Å². The first-order valence-corrected chi connectivity index (χ1v) is 12.5. The van der Waals surface area contributed by atoms with Crippen molar-refractivity contribution in [2.24, 2.45) is 11.1 Å². The number of benzene rings is 1. The van der Waals surface area contributed by atoms with E-state index in [-0.39, 0.29) is 47.8 Å². The van der Waals surface area contributed by atoms with Crippen LogP contribution in [-0.4, -0.2) is 46.6 Å². The average Bonchev–Trinajstić information content (AvgIpc) is 3.47. The summed E-state index contributed by atoms with van der Waals surface area (Å²) in [6, 6.07) is 3.34. The van der Waals surface area contributed by atoms with Gasteiger partial charge in [0.2, 0.25) is 5.78 Å². The molecule has 0 saturated heterocycles. The van der Waals surface area contributed by atoms with E-state index in [1.54, 1.807) is 0 Å². The van der Waals surface area contributed by atoms with Gasteiger partial charge in [-0.1, -0.05) is 0 Å². The Labute approximate surface area is 209 Å². The van der Waals surface area contributed by atoms with Crippen molar-refractivity contribution in [3.05, 3.63) is 71.2 Å². The highest BCUT2D eigenvalue weighted by molar-refractivity contribution is 7.84. The topological polar surface area (TPSA) is 142 Å². The summed E-state index contributed by atoms with van der Waals surface area (Å²) in [5, 5.41) is 12.1. The number of nitrogens with one attached hydrogen (secondary N) is 1. The van der Waals surface area contributed by atoms with Crippen LogP contribution < -0.4 is 10.5 Å². The lowest BCUT2D eigenvalue weighted by atomic mass is 10.1. The summed E-state index contributed by atoms with van der Waals surface area (Å²) in [5.74, 6) is -1.18. The normalized spacial score (nSPS) is 18.2. The number of hydrogen-bond acceptors (Lipinski definition) is 8.